The van der Waals surface area contributed by atoms with E-state index in [2.05, 4.69) is 5.32 Å². The van der Waals surface area contributed by atoms with Crippen LogP contribution in [0.25, 0.3) is 0 Å². The first-order valence-electron chi connectivity index (χ1n) is 5.50. The third-order valence-corrected chi connectivity index (χ3v) is 2.55. The number of nitrogens with zero attached hydrogens (tertiary/aromatic N) is 1. The molecule has 0 spiro atoms. The third kappa shape index (κ3) is 2.72. The smallest absolute Gasteiger partial charge is 0.251 e. The van der Waals surface area contributed by atoms with Crippen LogP contribution in [0.2, 0.25) is 0 Å². The van der Waals surface area contributed by atoms with Gasteiger partial charge in [-0.05, 0) is 25.0 Å². The minimum Gasteiger partial charge on any atom is -0.357 e. The molecule has 0 saturated heterocycles. The summed E-state index contributed by atoms with van der Waals surface area (Å²) in [5.74, 6) is -0.118. The molecule has 0 aliphatic heterocycles. The molecule has 0 aliphatic carbocycles. The fourth-order valence-corrected chi connectivity index (χ4v) is 1.68. The predicted molar refractivity (Wildman–Crippen MR) is 63.5 cm³/mol. The number of amides is 1. The maximum atomic E-state index is 11.8. The number of nitrogens with one attached hydrogen (secondary N) is 1. The van der Waals surface area contributed by atoms with Crippen LogP contribution in [0.5, 0.6) is 0 Å². The molecule has 1 rings (SSSR count). The van der Waals surface area contributed by atoms with Crippen LogP contribution in [-0.4, -0.2) is 17.5 Å². The predicted octanol–water partition coefficient (Wildman–Crippen LogP) is 1.24. The van der Waals surface area contributed by atoms with Gasteiger partial charge in [0.1, 0.15) is 6.04 Å². The highest BCUT2D eigenvalue weighted by molar-refractivity contribution is 5.79. The summed E-state index contributed by atoms with van der Waals surface area (Å²) in [6.45, 7) is 3.86. The Hall–Kier alpha value is -1.58. The van der Waals surface area contributed by atoms with Crippen molar-refractivity contribution in [3.05, 3.63) is 34.2 Å². The lowest BCUT2D eigenvalue weighted by Crippen LogP contribution is -2.35. The Bertz CT molecular complexity index is 423. The van der Waals surface area contributed by atoms with E-state index in [4.69, 9.17) is 0 Å². The minimum absolute atomic E-state index is 0.118. The van der Waals surface area contributed by atoms with E-state index in [1.807, 2.05) is 19.9 Å². The maximum Gasteiger partial charge on any atom is 0.251 e. The highest BCUT2D eigenvalue weighted by atomic mass is 16.2. The number of pyridine rings is 1. The number of rotatable bonds is 4. The van der Waals surface area contributed by atoms with E-state index >= 15 is 0 Å². The van der Waals surface area contributed by atoms with Crippen molar-refractivity contribution in [2.75, 3.05) is 7.05 Å². The number of aromatic nitrogens is 1. The zero-order valence-electron chi connectivity index (χ0n) is 9.99. The van der Waals surface area contributed by atoms with Crippen LogP contribution in [0.3, 0.4) is 0 Å². The Kier molecular flexibility index (Phi) is 4.28. The quantitative estimate of drug-likeness (QED) is 0.833. The van der Waals surface area contributed by atoms with Gasteiger partial charge in [-0.25, -0.2) is 0 Å². The summed E-state index contributed by atoms with van der Waals surface area (Å²) in [6.07, 6.45) is 3.22. The largest absolute Gasteiger partial charge is 0.357 e. The molecule has 16 heavy (non-hydrogen) atoms. The van der Waals surface area contributed by atoms with Gasteiger partial charge in [-0.1, -0.05) is 13.3 Å². The molecule has 1 aromatic rings. The second-order valence-corrected chi connectivity index (χ2v) is 3.87. The molecule has 0 fully saturated rings. The van der Waals surface area contributed by atoms with Gasteiger partial charge in [-0.2, -0.15) is 0 Å². The normalized spacial score (nSPS) is 12.2. The molecule has 0 bridgehead atoms. The number of hydrogen-bond acceptors (Lipinski definition) is 2. The van der Waals surface area contributed by atoms with Crippen molar-refractivity contribution in [3.8, 4) is 0 Å². The number of hydrogen-bond donors (Lipinski definition) is 1. The van der Waals surface area contributed by atoms with Crippen LogP contribution in [0.15, 0.2) is 23.1 Å². The zero-order valence-corrected chi connectivity index (χ0v) is 9.99. The lowest BCUT2D eigenvalue weighted by molar-refractivity contribution is -0.124. The standard InChI is InChI=1S/C12H18N2O2/c1-4-5-10(12(16)13-3)14-7-6-9(2)8-11(14)15/h6-8,10H,4-5H2,1-3H3,(H,13,16). The average molecular weight is 222 g/mol. The van der Waals surface area contributed by atoms with E-state index in [-0.39, 0.29) is 11.5 Å². The molecular weight excluding hydrogens is 204 g/mol. The summed E-state index contributed by atoms with van der Waals surface area (Å²) in [4.78, 5) is 23.4. The molecule has 4 nitrogen and oxygen atoms in total. The van der Waals surface area contributed by atoms with Crippen molar-refractivity contribution in [1.29, 1.82) is 0 Å². The molecule has 0 aromatic carbocycles. The summed E-state index contributed by atoms with van der Waals surface area (Å²) >= 11 is 0. The molecule has 0 aliphatic rings. The van der Waals surface area contributed by atoms with Gasteiger partial charge >= 0.3 is 0 Å². The summed E-state index contributed by atoms with van der Waals surface area (Å²) in [5.41, 5.74) is 0.787. The van der Waals surface area contributed by atoms with Gasteiger partial charge in [-0.3, -0.25) is 9.59 Å². The average Bonchev–Trinajstić information content (AvgIpc) is 2.26. The monoisotopic (exact) mass is 222 g/mol. The molecule has 88 valence electrons. The number of carbonyl (C=O) groups is 1. The molecule has 4 heteroatoms. The molecule has 1 amide bonds. The fraction of sp³-hybridized carbons (Fsp3) is 0.500. The lowest BCUT2D eigenvalue weighted by atomic mass is 10.1. The van der Waals surface area contributed by atoms with Crippen molar-refractivity contribution in [1.82, 2.24) is 9.88 Å². The molecule has 1 atom stereocenters. The van der Waals surface area contributed by atoms with E-state index < -0.39 is 6.04 Å². The van der Waals surface area contributed by atoms with Crippen LogP contribution in [-0.2, 0) is 4.79 Å². The van der Waals surface area contributed by atoms with Gasteiger partial charge in [0.15, 0.2) is 0 Å². The topological polar surface area (TPSA) is 51.1 Å². The molecular formula is C12H18N2O2. The third-order valence-electron chi connectivity index (χ3n) is 2.55. The highest BCUT2D eigenvalue weighted by Gasteiger charge is 2.18. The fourth-order valence-electron chi connectivity index (χ4n) is 1.68. The van der Waals surface area contributed by atoms with Gasteiger partial charge in [0.2, 0.25) is 5.91 Å². The van der Waals surface area contributed by atoms with Gasteiger partial charge in [-0.15, -0.1) is 0 Å². The Balaban J connectivity index is 3.10. The van der Waals surface area contributed by atoms with Crippen molar-refractivity contribution >= 4 is 5.91 Å². The molecule has 1 aromatic heterocycles. The van der Waals surface area contributed by atoms with Crippen molar-refractivity contribution in [3.63, 3.8) is 0 Å². The Labute approximate surface area is 95.3 Å². The van der Waals surface area contributed by atoms with E-state index in [9.17, 15) is 9.59 Å². The molecule has 1 heterocycles. The first-order valence-corrected chi connectivity index (χ1v) is 5.50. The maximum absolute atomic E-state index is 11.8. The zero-order chi connectivity index (χ0) is 12.1. The van der Waals surface area contributed by atoms with Crippen LogP contribution >= 0.6 is 0 Å². The molecule has 1 unspecified atom stereocenters. The van der Waals surface area contributed by atoms with Crippen molar-refractivity contribution < 1.29 is 4.79 Å². The second-order valence-electron chi connectivity index (χ2n) is 3.87. The van der Waals surface area contributed by atoms with Crippen molar-refractivity contribution in [2.24, 2.45) is 0 Å². The highest BCUT2D eigenvalue weighted by Crippen LogP contribution is 2.11. The SMILES string of the molecule is CCCC(C(=O)NC)n1ccc(C)cc1=O. The Morgan fingerprint density at radius 1 is 1.56 bits per heavy atom. The van der Waals surface area contributed by atoms with Crippen LogP contribution in [0.1, 0.15) is 31.4 Å². The summed E-state index contributed by atoms with van der Waals surface area (Å²) in [5, 5.41) is 2.59. The first kappa shape index (κ1) is 12.5. The van der Waals surface area contributed by atoms with Crippen LogP contribution < -0.4 is 10.9 Å². The van der Waals surface area contributed by atoms with E-state index in [0.717, 1.165) is 12.0 Å². The van der Waals surface area contributed by atoms with Gasteiger partial charge in [0.25, 0.3) is 5.56 Å². The number of carbonyl (C=O) groups excluding carboxylic acids is 1. The number of likely N-dealkylation sites (N-methyl/N-ethyl adjacent to an activating group) is 1. The Morgan fingerprint density at radius 2 is 2.25 bits per heavy atom. The lowest BCUT2D eigenvalue weighted by Gasteiger charge is -2.17. The van der Waals surface area contributed by atoms with Crippen LogP contribution in [0.4, 0.5) is 0 Å². The first-order chi connectivity index (χ1) is 7.60. The number of aryl methyl sites for hydroxylation is 1. The molecule has 0 radical (unpaired) electrons. The second kappa shape index (κ2) is 5.49. The van der Waals surface area contributed by atoms with E-state index in [1.165, 1.54) is 4.57 Å². The summed E-state index contributed by atoms with van der Waals surface area (Å²) in [7, 11) is 1.59. The van der Waals surface area contributed by atoms with Gasteiger partial charge < -0.3 is 9.88 Å². The molecule has 1 N–H and O–H groups in total. The minimum atomic E-state index is -0.400. The van der Waals surface area contributed by atoms with Crippen LogP contribution in [0, 0.1) is 6.92 Å². The van der Waals surface area contributed by atoms with E-state index in [1.54, 1.807) is 19.3 Å². The van der Waals surface area contributed by atoms with Gasteiger partial charge in [0.05, 0.1) is 0 Å². The van der Waals surface area contributed by atoms with E-state index in [0.29, 0.717) is 6.42 Å². The van der Waals surface area contributed by atoms with Gasteiger partial charge in [0, 0.05) is 19.3 Å². The van der Waals surface area contributed by atoms with Crippen molar-refractivity contribution in [2.45, 2.75) is 32.7 Å². The summed E-state index contributed by atoms with van der Waals surface area (Å²) in [6, 6.07) is 2.99. The molecule has 0 saturated carbocycles. The summed E-state index contributed by atoms with van der Waals surface area (Å²) < 4.78 is 1.50. The Morgan fingerprint density at radius 3 is 2.75 bits per heavy atom.